The van der Waals surface area contributed by atoms with E-state index in [2.05, 4.69) is 20.6 Å². The minimum absolute atomic E-state index is 0.0705. The van der Waals surface area contributed by atoms with Gasteiger partial charge in [0.05, 0.1) is 17.1 Å². The van der Waals surface area contributed by atoms with E-state index >= 15 is 0 Å². The minimum Gasteiger partial charge on any atom is -0.491 e. The SMILES string of the molecule is CC(C)Oc1ccc(NC(=O)[C@H](C)NC(=O)[C@H]2C[C@@H]2c2nc3ccccc3[nH]2)cc1. The number of anilines is 1. The maximum Gasteiger partial charge on any atom is 0.246 e. The van der Waals surface area contributed by atoms with Crippen LogP contribution in [0.25, 0.3) is 11.0 Å². The van der Waals surface area contributed by atoms with Gasteiger partial charge in [-0.05, 0) is 63.6 Å². The van der Waals surface area contributed by atoms with Gasteiger partial charge in [-0.25, -0.2) is 4.98 Å². The van der Waals surface area contributed by atoms with E-state index in [1.807, 2.05) is 38.1 Å². The van der Waals surface area contributed by atoms with Crippen LogP contribution in [0, 0.1) is 5.92 Å². The first-order chi connectivity index (χ1) is 14.4. The van der Waals surface area contributed by atoms with Crippen molar-refractivity contribution >= 4 is 28.5 Å². The van der Waals surface area contributed by atoms with Crippen LogP contribution in [-0.2, 0) is 9.59 Å². The maximum atomic E-state index is 12.6. The number of nitrogens with zero attached hydrogens (tertiary/aromatic N) is 1. The van der Waals surface area contributed by atoms with E-state index < -0.39 is 6.04 Å². The van der Waals surface area contributed by atoms with E-state index in [4.69, 9.17) is 4.74 Å². The van der Waals surface area contributed by atoms with Crippen molar-refractivity contribution in [3.63, 3.8) is 0 Å². The van der Waals surface area contributed by atoms with Crippen molar-refractivity contribution in [2.45, 2.75) is 45.3 Å². The molecule has 2 aromatic carbocycles. The molecule has 30 heavy (non-hydrogen) atoms. The Bertz CT molecular complexity index is 1020. The number of imidazole rings is 1. The molecule has 1 aliphatic rings. The molecule has 0 spiro atoms. The standard InChI is InChI=1S/C23H26N4O3/c1-13(2)30-16-10-8-15(9-11-16)25-22(28)14(3)24-23(29)18-12-17(18)21-26-19-6-4-5-7-20(19)27-21/h4-11,13-14,17-18H,12H2,1-3H3,(H,24,29)(H,25,28)(H,26,27)/t14-,17-,18-/m0/s1. The number of aromatic amines is 1. The Morgan fingerprint density at radius 2 is 1.83 bits per heavy atom. The maximum absolute atomic E-state index is 12.6. The number of hydrogen-bond donors (Lipinski definition) is 3. The van der Waals surface area contributed by atoms with Crippen LogP contribution in [0.1, 0.15) is 38.9 Å². The van der Waals surface area contributed by atoms with Crippen molar-refractivity contribution in [2.75, 3.05) is 5.32 Å². The van der Waals surface area contributed by atoms with Gasteiger partial charge in [0.1, 0.15) is 17.6 Å². The summed E-state index contributed by atoms with van der Waals surface area (Å²) < 4.78 is 5.60. The van der Waals surface area contributed by atoms with Crippen molar-refractivity contribution in [1.82, 2.24) is 15.3 Å². The molecule has 1 saturated carbocycles. The molecule has 4 rings (SSSR count). The van der Waals surface area contributed by atoms with Gasteiger partial charge in [-0.15, -0.1) is 0 Å². The smallest absolute Gasteiger partial charge is 0.246 e. The Labute approximate surface area is 175 Å². The lowest BCUT2D eigenvalue weighted by Gasteiger charge is -2.15. The summed E-state index contributed by atoms with van der Waals surface area (Å²) in [5.41, 5.74) is 2.52. The van der Waals surface area contributed by atoms with Gasteiger partial charge in [-0.3, -0.25) is 9.59 Å². The number of aromatic nitrogens is 2. The Kier molecular flexibility index (Phi) is 5.44. The highest BCUT2D eigenvalue weighted by atomic mass is 16.5. The molecule has 1 aliphatic carbocycles. The van der Waals surface area contributed by atoms with Crippen LogP contribution in [0.4, 0.5) is 5.69 Å². The summed E-state index contributed by atoms with van der Waals surface area (Å²) in [6, 6.07) is 14.3. The van der Waals surface area contributed by atoms with E-state index in [-0.39, 0.29) is 29.8 Å². The van der Waals surface area contributed by atoms with Crippen LogP contribution >= 0.6 is 0 Å². The van der Waals surface area contributed by atoms with Crippen molar-refractivity contribution in [2.24, 2.45) is 5.92 Å². The fraction of sp³-hybridized carbons (Fsp3) is 0.348. The fourth-order valence-electron chi connectivity index (χ4n) is 3.46. The van der Waals surface area contributed by atoms with Gasteiger partial charge in [-0.1, -0.05) is 12.1 Å². The van der Waals surface area contributed by atoms with Crippen LogP contribution < -0.4 is 15.4 Å². The molecule has 0 saturated heterocycles. The van der Waals surface area contributed by atoms with Crippen LogP contribution in [-0.4, -0.2) is 33.9 Å². The van der Waals surface area contributed by atoms with Crippen LogP contribution in [0.15, 0.2) is 48.5 Å². The zero-order valence-electron chi connectivity index (χ0n) is 17.3. The molecular weight excluding hydrogens is 380 g/mol. The summed E-state index contributed by atoms with van der Waals surface area (Å²) in [5, 5.41) is 5.64. The minimum atomic E-state index is -0.638. The summed E-state index contributed by atoms with van der Waals surface area (Å²) in [6.45, 7) is 5.60. The number of amides is 2. The Morgan fingerprint density at radius 1 is 1.10 bits per heavy atom. The second-order valence-electron chi connectivity index (χ2n) is 8.00. The summed E-state index contributed by atoms with van der Waals surface area (Å²) in [4.78, 5) is 32.9. The molecule has 1 fully saturated rings. The average Bonchev–Trinajstić information content (AvgIpc) is 3.40. The summed E-state index contributed by atoms with van der Waals surface area (Å²) in [5.74, 6) is 1.10. The van der Waals surface area contributed by atoms with E-state index in [0.717, 1.165) is 29.0 Å². The van der Waals surface area contributed by atoms with Crippen molar-refractivity contribution in [3.8, 4) is 5.75 Å². The van der Waals surface area contributed by atoms with Gasteiger partial charge in [-0.2, -0.15) is 0 Å². The third-order valence-electron chi connectivity index (χ3n) is 5.13. The van der Waals surface area contributed by atoms with Gasteiger partial charge in [0.15, 0.2) is 0 Å². The van der Waals surface area contributed by atoms with Gasteiger partial charge in [0.25, 0.3) is 0 Å². The first-order valence-corrected chi connectivity index (χ1v) is 10.2. The number of benzene rings is 2. The number of hydrogen-bond acceptors (Lipinski definition) is 4. The molecule has 0 radical (unpaired) electrons. The predicted octanol–water partition coefficient (Wildman–Crippen LogP) is 3.60. The monoisotopic (exact) mass is 406 g/mol. The summed E-state index contributed by atoms with van der Waals surface area (Å²) in [6.07, 6.45) is 0.823. The molecule has 1 aromatic heterocycles. The first kappa shape index (κ1) is 19.9. The lowest BCUT2D eigenvalue weighted by Crippen LogP contribution is -2.42. The Balaban J connectivity index is 1.29. The van der Waals surface area contributed by atoms with Crippen LogP contribution in [0.5, 0.6) is 5.75 Å². The molecule has 3 N–H and O–H groups in total. The summed E-state index contributed by atoms with van der Waals surface area (Å²) in [7, 11) is 0. The quantitative estimate of drug-likeness (QED) is 0.559. The molecule has 0 unspecified atom stereocenters. The number of carbonyl (C=O) groups is 2. The Morgan fingerprint density at radius 3 is 2.53 bits per heavy atom. The molecule has 7 heteroatoms. The molecular formula is C23H26N4O3. The van der Waals surface area contributed by atoms with Gasteiger partial charge in [0, 0.05) is 17.5 Å². The number of para-hydroxylation sites is 2. The molecule has 0 bridgehead atoms. The predicted molar refractivity (Wildman–Crippen MR) is 115 cm³/mol. The molecule has 1 heterocycles. The second kappa shape index (κ2) is 8.18. The third-order valence-corrected chi connectivity index (χ3v) is 5.13. The average molecular weight is 406 g/mol. The van der Waals surface area contributed by atoms with E-state index in [1.54, 1.807) is 31.2 Å². The first-order valence-electron chi connectivity index (χ1n) is 10.2. The normalized spacial score (nSPS) is 18.8. The van der Waals surface area contributed by atoms with Gasteiger partial charge < -0.3 is 20.4 Å². The van der Waals surface area contributed by atoms with Crippen LogP contribution in [0.3, 0.4) is 0 Å². The van der Waals surface area contributed by atoms with Crippen molar-refractivity contribution < 1.29 is 14.3 Å². The number of H-pyrrole nitrogens is 1. The van der Waals surface area contributed by atoms with Crippen molar-refractivity contribution in [3.05, 3.63) is 54.4 Å². The lowest BCUT2D eigenvalue weighted by atomic mass is 10.2. The summed E-state index contributed by atoms with van der Waals surface area (Å²) >= 11 is 0. The molecule has 156 valence electrons. The van der Waals surface area contributed by atoms with E-state index in [1.165, 1.54) is 0 Å². The van der Waals surface area contributed by atoms with Gasteiger partial charge >= 0.3 is 0 Å². The third kappa shape index (κ3) is 4.45. The highest BCUT2D eigenvalue weighted by Crippen LogP contribution is 2.46. The lowest BCUT2D eigenvalue weighted by molar-refractivity contribution is -0.127. The van der Waals surface area contributed by atoms with Crippen molar-refractivity contribution in [1.29, 1.82) is 0 Å². The zero-order valence-corrected chi connectivity index (χ0v) is 17.3. The number of carbonyl (C=O) groups excluding carboxylic acids is 2. The number of rotatable bonds is 7. The molecule has 7 nitrogen and oxygen atoms in total. The molecule has 3 aromatic rings. The largest absolute Gasteiger partial charge is 0.491 e. The van der Waals surface area contributed by atoms with E-state index in [9.17, 15) is 9.59 Å². The molecule has 0 aliphatic heterocycles. The highest BCUT2D eigenvalue weighted by Gasteiger charge is 2.46. The molecule has 3 atom stereocenters. The number of nitrogens with one attached hydrogen (secondary N) is 3. The zero-order chi connectivity index (χ0) is 21.3. The van der Waals surface area contributed by atoms with E-state index in [0.29, 0.717) is 5.69 Å². The topological polar surface area (TPSA) is 96.1 Å². The number of fused-ring (bicyclic) bond motifs is 1. The number of ether oxygens (including phenoxy) is 1. The van der Waals surface area contributed by atoms with Gasteiger partial charge in [0.2, 0.25) is 11.8 Å². The Hall–Kier alpha value is -3.35. The fourth-order valence-corrected chi connectivity index (χ4v) is 3.46. The molecule has 2 amide bonds. The van der Waals surface area contributed by atoms with Crippen LogP contribution in [0.2, 0.25) is 0 Å². The highest BCUT2D eigenvalue weighted by molar-refractivity contribution is 5.97. The second-order valence-corrected chi connectivity index (χ2v) is 8.00.